The smallest absolute Gasteiger partial charge is 0.213 e. The summed E-state index contributed by atoms with van der Waals surface area (Å²) < 4.78 is 5.49. The van der Waals surface area contributed by atoms with E-state index in [1.54, 1.807) is 0 Å². The third-order valence-electron chi connectivity index (χ3n) is 2.72. The Labute approximate surface area is 112 Å². The van der Waals surface area contributed by atoms with E-state index >= 15 is 0 Å². The van der Waals surface area contributed by atoms with Crippen molar-refractivity contribution in [2.75, 3.05) is 11.9 Å². The number of rotatable bonds is 5. The summed E-state index contributed by atoms with van der Waals surface area (Å²) in [5, 5.41) is 7.00. The van der Waals surface area contributed by atoms with Crippen molar-refractivity contribution >= 4 is 21.7 Å². The van der Waals surface area contributed by atoms with E-state index < -0.39 is 0 Å². The maximum absolute atomic E-state index is 4.67. The SMILES string of the molecule is Brc1cc(NCCc2ncon2)nc(C2CC2)n1. The highest BCUT2D eigenvalue weighted by Crippen LogP contribution is 2.38. The van der Waals surface area contributed by atoms with Crippen LogP contribution < -0.4 is 5.32 Å². The fourth-order valence-corrected chi connectivity index (χ4v) is 2.05. The molecule has 2 aromatic heterocycles. The predicted molar refractivity (Wildman–Crippen MR) is 68.2 cm³/mol. The second kappa shape index (κ2) is 5.01. The Balaban J connectivity index is 1.61. The van der Waals surface area contributed by atoms with Crippen LogP contribution in [0.2, 0.25) is 0 Å². The van der Waals surface area contributed by atoms with Crippen molar-refractivity contribution < 1.29 is 4.52 Å². The minimum absolute atomic E-state index is 0.542. The molecule has 1 fully saturated rings. The predicted octanol–water partition coefficient (Wildman–Crippen LogP) is 2.15. The van der Waals surface area contributed by atoms with E-state index in [1.165, 1.54) is 19.2 Å². The summed E-state index contributed by atoms with van der Waals surface area (Å²) in [6.07, 6.45) is 4.43. The maximum Gasteiger partial charge on any atom is 0.213 e. The lowest BCUT2D eigenvalue weighted by Crippen LogP contribution is -2.08. The Hall–Kier alpha value is -1.50. The molecule has 0 spiro atoms. The second-order valence-electron chi connectivity index (χ2n) is 4.23. The van der Waals surface area contributed by atoms with Crippen LogP contribution in [-0.2, 0) is 6.42 Å². The van der Waals surface area contributed by atoms with Crippen molar-refractivity contribution in [2.24, 2.45) is 0 Å². The number of hydrogen-bond acceptors (Lipinski definition) is 6. The van der Waals surface area contributed by atoms with Gasteiger partial charge in [0.05, 0.1) is 0 Å². The highest BCUT2D eigenvalue weighted by Gasteiger charge is 2.27. The summed E-state index contributed by atoms with van der Waals surface area (Å²) in [5.74, 6) is 2.99. The van der Waals surface area contributed by atoms with E-state index in [2.05, 4.69) is 45.9 Å². The number of halogens is 1. The van der Waals surface area contributed by atoms with Crippen molar-refractivity contribution in [2.45, 2.75) is 25.2 Å². The average Bonchev–Trinajstić information content (AvgIpc) is 3.08. The van der Waals surface area contributed by atoms with Crippen LogP contribution in [0.25, 0.3) is 0 Å². The molecule has 0 bridgehead atoms. The molecule has 18 heavy (non-hydrogen) atoms. The van der Waals surface area contributed by atoms with E-state index in [0.29, 0.717) is 24.7 Å². The number of nitrogens with one attached hydrogen (secondary N) is 1. The van der Waals surface area contributed by atoms with Gasteiger partial charge in [-0.15, -0.1) is 0 Å². The highest BCUT2D eigenvalue weighted by atomic mass is 79.9. The topological polar surface area (TPSA) is 76.7 Å². The lowest BCUT2D eigenvalue weighted by Gasteiger charge is -2.06. The first-order chi connectivity index (χ1) is 8.81. The molecule has 1 N–H and O–H groups in total. The molecule has 0 atom stereocenters. The van der Waals surface area contributed by atoms with Gasteiger partial charge in [-0.25, -0.2) is 9.97 Å². The van der Waals surface area contributed by atoms with Crippen LogP contribution >= 0.6 is 15.9 Å². The van der Waals surface area contributed by atoms with Gasteiger partial charge >= 0.3 is 0 Å². The largest absolute Gasteiger partial charge is 0.369 e. The quantitative estimate of drug-likeness (QED) is 0.853. The van der Waals surface area contributed by atoms with Crippen molar-refractivity contribution in [3.05, 3.63) is 28.7 Å². The molecule has 6 nitrogen and oxygen atoms in total. The van der Waals surface area contributed by atoms with Gasteiger partial charge in [0.2, 0.25) is 6.39 Å². The number of anilines is 1. The zero-order chi connectivity index (χ0) is 12.4. The van der Waals surface area contributed by atoms with Crippen LogP contribution in [0.15, 0.2) is 21.6 Å². The molecule has 0 amide bonds. The molecule has 2 aromatic rings. The maximum atomic E-state index is 4.67. The van der Waals surface area contributed by atoms with Crippen LogP contribution in [-0.4, -0.2) is 26.7 Å². The van der Waals surface area contributed by atoms with E-state index in [9.17, 15) is 0 Å². The lowest BCUT2D eigenvalue weighted by atomic mass is 10.3. The van der Waals surface area contributed by atoms with Gasteiger partial charge in [0, 0.05) is 24.9 Å². The molecule has 0 radical (unpaired) electrons. The molecule has 2 heterocycles. The zero-order valence-electron chi connectivity index (χ0n) is 9.64. The summed E-state index contributed by atoms with van der Waals surface area (Å²) >= 11 is 3.41. The highest BCUT2D eigenvalue weighted by molar-refractivity contribution is 9.10. The normalized spacial score (nSPS) is 14.7. The van der Waals surface area contributed by atoms with Gasteiger partial charge in [0.1, 0.15) is 16.2 Å². The number of nitrogens with zero attached hydrogens (tertiary/aromatic N) is 4. The van der Waals surface area contributed by atoms with Crippen LogP contribution in [0, 0.1) is 0 Å². The van der Waals surface area contributed by atoms with Gasteiger partial charge in [-0.05, 0) is 28.8 Å². The van der Waals surface area contributed by atoms with Crippen molar-refractivity contribution in [3.8, 4) is 0 Å². The number of hydrogen-bond donors (Lipinski definition) is 1. The third kappa shape index (κ3) is 2.84. The second-order valence-corrected chi connectivity index (χ2v) is 5.05. The summed E-state index contributed by atoms with van der Waals surface area (Å²) in [7, 11) is 0. The van der Waals surface area contributed by atoms with Crippen LogP contribution in [0.5, 0.6) is 0 Å². The van der Waals surface area contributed by atoms with Gasteiger partial charge in [0.25, 0.3) is 0 Å². The van der Waals surface area contributed by atoms with Crippen molar-refractivity contribution in [1.82, 2.24) is 20.1 Å². The van der Waals surface area contributed by atoms with Crippen LogP contribution in [0.4, 0.5) is 5.82 Å². The molecule has 1 aliphatic carbocycles. The lowest BCUT2D eigenvalue weighted by molar-refractivity contribution is 0.410. The Kier molecular flexibility index (Phi) is 3.22. The fraction of sp³-hybridized carbons (Fsp3) is 0.455. The van der Waals surface area contributed by atoms with E-state index in [4.69, 9.17) is 0 Å². The molecule has 1 saturated carbocycles. The monoisotopic (exact) mass is 309 g/mol. The van der Waals surface area contributed by atoms with E-state index in [0.717, 1.165) is 16.2 Å². The van der Waals surface area contributed by atoms with Crippen LogP contribution in [0.3, 0.4) is 0 Å². The molecular weight excluding hydrogens is 298 g/mol. The molecule has 3 rings (SSSR count). The van der Waals surface area contributed by atoms with Gasteiger partial charge < -0.3 is 9.84 Å². The average molecular weight is 310 g/mol. The van der Waals surface area contributed by atoms with E-state index in [-0.39, 0.29) is 0 Å². The molecule has 1 aliphatic rings. The van der Waals surface area contributed by atoms with Gasteiger partial charge in [-0.1, -0.05) is 5.16 Å². The Morgan fingerprint density at radius 1 is 1.39 bits per heavy atom. The Morgan fingerprint density at radius 3 is 3.00 bits per heavy atom. The van der Waals surface area contributed by atoms with Crippen molar-refractivity contribution in [3.63, 3.8) is 0 Å². The minimum Gasteiger partial charge on any atom is -0.369 e. The molecule has 0 saturated heterocycles. The van der Waals surface area contributed by atoms with Gasteiger partial charge in [-0.2, -0.15) is 4.98 Å². The Bertz CT molecular complexity index is 526. The summed E-state index contributed by atoms with van der Waals surface area (Å²) in [6.45, 7) is 0.715. The molecule has 0 aromatic carbocycles. The zero-order valence-corrected chi connectivity index (χ0v) is 11.2. The minimum atomic E-state index is 0.542. The standard InChI is InChI=1S/C11H12BrN5O/c12-8-5-10(16-11(15-8)7-1-2-7)13-4-3-9-14-6-18-17-9/h5-7H,1-4H2,(H,13,15,16). The molecule has 0 aliphatic heterocycles. The first-order valence-corrected chi connectivity index (χ1v) is 6.64. The third-order valence-corrected chi connectivity index (χ3v) is 3.12. The molecular formula is C11H12BrN5O. The first kappa shape index (κ1) is 11.6. The van der Waals surface area contributed by atoms with Gasteiger partial charge in [0.15, 0.2) is 5.82 Å². The first-order valence-electron chi connectivity index (χ1n) is 5.85. The summed E-state index contributed by atoms with van der Waals surface area (Å²) in [5.41, 5.74) is 0. The van der Waals surface area contributed by atoms with Gasteiger partial charge in [-0.3, -0.25) is 0 Å². The molecule has 94 valence electrons. The number of aromatic nitrogens is 4. The van der Waals surface area contributed by atoms with E-state index in [1.807, 2.05) is 6.07 Å². The molecule has 0 unspecified atom stereocenters. The molecule has 7 heteroatoms. The summed E-state index contributed by atoms with van der Waals surface area (Å²) in [4.78, 5) is 12.8. The van der Waals surface area contributed by atoms with Crippen molar-refractivity contribution in [1.29, 1.82) is 0 Å². The summed E-state index contributed by atoms with van der Waals surface area (Å²) in [6, 6.07) is 1.88. The Morgan fingerprint density at radius 2 is 2.28 bits per heavy atom. The fourth-order valence-electron chi connectivity index (χ4n) is 1.65. The van der Waals surface area contributed by atoms with Crippen LogP contribution in [0.1, 0.15) is 30.4 Å².